The van der Waals surface area contributed by atoms with Gasteiger partial charge in [0.15, 0.2) is 0 Å². The zero-order chi connectivity index (χ0) is 20.2. The van der Waals surface area contributed by atoms with E-state index in [9.17, 15) is 9.59 Å². The molecule has 0 aromatic heterocycles. The van der Waals surface area contributed by atoms with E-state index in [-0.39, 0.29) is 26.4 Å². The van der Waals surface area contributed by atoms with E-state index in [1.165, 1.54) is 0 Å². The van der Waals surface area contributed by atoms with Crippen LogP contribution in [-0.4, -0.2) is 38.4 Å². The number of rotatable bonds is 11. The highest BCUT2D eigenvalue weighted by Crippen LogP contribution is 2.36. The summed E-state index contributed by atoms with van der Waals surface area (Å²) in [5.74, 6) is 0.276. The summed E-state index contributed by atoms with van der Waals surface area (Å²) in [6.07, 6.45) is 2.21. The molecule has 0 fully saturated rings. The van der Waals surface area contributed by atoms with Crippen LogP contribution >= 0.6 is 0 Å². The summed E-state index contributed by atoms with van der Waals surface area (Å²) >= 11 is 0. The van der Waals surface area contributed by atoms with Crippen LogP contribution in [0, 0.1) is 0 Å². The Balaban J connectivity index is 2.06. The average Bonchev–Trinajstić information content (AvgIpc) is 2.74. The van der Waals surface area contributed by atoms with Gasteiger partial charge in [-0.25, -0.2) is 9.59 Å². The molecule has 2 rings (SSSR count). The average molecular weight is 382 g/mol. The summed E-state index contributed by atoms with van der Waals surface area (Å²) in [4.78, 5) is 22.2. The molecule has 2 aromatic rings. The summed E-state index contributed by atoms with van der Waals surface area (Å²) in [7, 11) is 0. The third-order valence-corrected chi connectivity index (χ3v) is 3.57. The van der Waals surface area contributed by atoms with Crippen LogP contribution in [0.3, 0.4) is 0 Å². The second-order valence-electron chi connectivity index (χ2n) is 5.43. The summed E-state index contributed by atoms with van der Waals surface area (Å²) in [6, 6.07) is 15.0. The van der Waals surface area contributed by atoms with Crippen LogP contribution in [0.15, 0.2) is 73.8 Å². The molecule has 146 valence electrons. The van der Waals surface area contributed by atoms with Gasteiger partial charge >= 0.3 is 11.9 Å². The molecule has 0 saturated carbocycles. The van der Waals surface area contributed by atoms with Crippen molar-refractivity contribution >= 4 is 11.9 Å². The molecule has 0 heterocycles. The fourth-order valence-electron chi connectivity index (χ4n) is 2.34. The van der Waals surface area contributed by atoms with Gasteiger partial charge in [0.1, 0.15) is 37.9 Å². The Labute approximate surface area is 164 Å². The van der Waals surface area contributed by atoms with E-state index in [4.69, 9.17) is 18.9 Å². The van der Waals surface area contributed by atoms with E-state index in [1.54, 1.807) is 0 Å². The number of hydrogen-bond acceptors (Lipinski definition) is 6. The van der Waals surface area contributed by atoms with Gasteiger partial charge in [-0.05, 0) is 12.1 Å². The lowest BCUT2D eigenvalue weighted by Crippen LogP contribution is -2.11. The lowest BCUT2D eigenvalue weighted by atomic mass is 10.0. The third-order valence-electron chi connectivity index (χ3n) is 3.57. The fraction of sp³-hybridized carbons (Fsp3) is 0.182. The summed E-state index contributed by atoms with van der Waals surface area (Å²) in [5.41, 5.74) is 1.66. The van der Waals surface area contributed by atoms with Crippen molar-refractivity contribution < 1.29 is 28.5 Å². The van der Waals surface area contributed by atoms with Crippen LogP contribution < -0.4 is 9.47 Å². The second kappa shape index (κ2) is 11.2. The first-order chi connectivity index (χ1) is 13.7. The number of ether oxygens (including phenoxy) is 4. The molecule has 0 unspecified atom stereocenters. The standard InChI is InChI=1S/C22H22O6/c1-3-21(23)27-15-13-25-19-11-7-5-9-17(19)18-10-6-8-12-20(18)26-14-16-28-22(24)4-2/h3-12H,1-2,13-16H2. The highest BCUT2D eigenvalue weighted by atomic mass is 16.6. The Kier molecular flexibility index (Phi) is 8.33. The van der Waals surface area contributed by atoms with Gasteiger partial charge in [-0.3, -0.25) is 0 Å². The molecule has 0 saturated heterocycles. The van der Waals surface area contributed by atoms with Crippen molar-refractivity contribution in [1.82, 2.24) is 0 Å². The smallest absolute Gasteiger partial charge is 0.330 e. The minimum absolute atomic E-state index is 0.117. The number of carbonyl (C=O) groups is 2. The Morgan fingerprint density at radius 1 is 0.679 bits per heavy atom. The van der Waals surface area contributed by atoms with E-state index in [0.29, 0.717) is 11.5 Å². The van der Waals surface area contributed by atoms with Crippen molar-refractivity contribution in [3.05, 3.63) is 73.8 Å². The predicted molar refractivity (Wildman–Crippen MR) is 105 cm³/mol. The minimum atomic E-state index is -0.493. The van der Waals surface area contributed by atoms with Gasteiger partial charge in [0.2, 0.25) is 0 Å². The number of carbonyl (C=O) groups excluding carboxylic acids is 2. The summed E-state index contributed by atoms with van der Waals surface area (Å²) in [5, 5.41) is 0. The Hall–Kier alpha value is -3.54. The maximum Gasteiger partial charge on any atom is 0.330 e. The number of esters is 2. The topological polar surface area (TPSA) is 71.1 Å². The van der Waals surface area contributed by atoms with Crippen LogP contribution in [0.5, 0.6) is 11.5 Å². The maximum absolute atomic E-state index is 11.1. The first-order valence-electron chi connectivity index (χ1n) is 8.68. The van der Waals surface area contributed by atoms with Gasteiger partial charge in [0.25, 0.3) is 0 Å². The first-order valence-corrected chi connectivity index (χ1v) is 8.68. The van der Waals surface area contributed by atoms with E-state index >= 15 is 0 Å². The molecule has 2 aromatic carbocycles. The normalized spacial score (nSPS) is 9.86. The monoisotopic (exact) mass is 382 g/mol. The SMILES string of the molecule is C=CC(=O)OCCOc1ccccc1-c1ccccc1OCCOC(=O)C=C. The highest BCUT2D eigenvalue weighted by Gasteiger charge is 2.11. The molecule has 0 bridgehead atoms. The van der Waals surface area contributed by atoms with Crippen molar-refractivity contribution in [2.24, 2.45) is 0 Å². The molecule has 0 aliphatic rings. The van der Waals surface area contributed by atoms with Crippen LogP contribution in [-0.2, 0) is 19.1 Å². The molecular weight excluding hydrogens is 360 g/mol. The van der Waals surface area contributed by atoms with Crippen molar-refractivity contribution in [2.45, 2.75) is 0 Å². The molecule has 0 aliphatic heterocycles. The van der Waals surface area contributed by atoms with Crippen LogP contribution in [0.4, 0.5) is 0 Å². The molecule has 0 radical (unpaired) electrons. The van der Waals surface area contributed by atoms with Crippen molar-refractivity contribution in [1.29, 1.82) is 0 Å². The van der Waals surface area contributed by atoms with Gasteiger partial charge in [0, 0.05) is 23.3 Å². The molecule has 0 aliphatic carbocycles. The second-order valence-corrected chi connectivity index (χ2v) is 5.43. The molecule has 0 N–H and O–H groups in total. The van der Waals surface area contributed by atoms with Crippen LogP contribution in [0.1, 0.15) is 0 Å². The molecule has 6 heteroatoms. The molecule has 6 nitrogen and oxygen atoms in total. The first kappa shape index (κ1) is 20.8. The lowest BCUT2D eigenvalue weighted by Gasteiger charge is -2.15. The van der Waals surface area contributed by atoms with Crippen molar-refractivity contribution in [2.75, 3.05) is 26.4 Å². The Morgan fingerprint density at radius 2 is 1.07 bits per heavy atom. The van der Waals surface area contributed by atoms with E-state index in [2.05, 4.69) is 13.2 Å². The van der Waals surface area contributed by atoms with Gasteiger partial charge in [-0.1, -0.05) is 49.6 Å². The van der Waals surface area contributed by atoms with Gasteiger partial charge in [-0.15, -0.1) is 0 Å². The van der Waals surface area contributed by atoms with Gasteiger partial charge in [0.05, 0.1) is 0 Å². The third kappa shape index (κ3) is 6.32. The van der Waals surface area contributed by atoms with Crippen LogP contribution in [0.25, 0.3) is 11.1 Å². The molecule has 0 spiro atoms. The minimum Gasteiger partial charge on any atom is -0.489 e. The maximum atomic E-state index is 11.1. The highest BCUT2D eigenvalue weighted by molar-refractivity contribution is 5.81. The van der Waals surface area contributed by atoms with Crippen LogP contribution in [0.2, 0.25) is 0 Å². The lowest BCUT2D eigenvalue weighted by molar-refractivity contribution is -0.139. The van der Waals surface area contributed by atoms with Crippen molar-refractivity contribution in [3.63, 3.8) is 0 Å². The summed E-state index contributed by atoms with van der Waals surface area (Å²) < 4.78 is 21.4. The number of hydrogen-bond donors (Lipinski definition) is 0. The summed E-state index contributed by atoms with van der Waals surface area (Å²) in [6.45, 7) is 7.33. The predicted octanol–water partition coefficient (Wildman–Crippen LogP) is 3.57. The van der Waals surface area contributed by atoms with Gasteiger partial charge < -0.3 is 18.9 Å². The number of para-hydroxylation sites is 2. The quantitative estimate of drug-likeness (QED) is 0.336. The largest absolute Gasteiger partial charge is 0.489 e. The van der Waals surface area contributed by atoms with Crippen molar-refractivity contribution in [3.8, 4) is 22.6 Å². The van der Waals surface area contributed by atoms with E-state index < -0.39 is 11.9 Å². The van der Waals surface area contributed by atoms with E-state index in [0.717, 1.165) is 23.3 Å². The van der Waals surface area contributed by atoms with E-state index in [1.807, 2.05) is 48.5 Å². The molecular formula is C22H22O6. The molecule has 0 amide bonds. The zero-order valence-corrected chi connectivity index (χ0v) is 15.5. The Morgan fingerprint density at radius 3 is 1.46 bits per heavy atom. The Bertz CT molecular complexity index is 758. The fourth-order valence-corrected chi connectivity index (χ4v) is 2.34. The number of benzene rings is 2. The zero-order valence-electron chi connectivity index (χ0n) is 15.5. The molecule has 0 atom stereocenters. The van der Waals surface area contributed by atoms with Gasteiger partial charge in [-0.2, -0.15) is 0 Å². The molecule has 28 heavy (non-hydrogen) atoms.